The van der Waals surface area contributed by atoms with E-state index in [2.05, 4.69) is 17.1 Å². The van der Waals surface area contributed by atoms with Gasteiger partial charge >= 0.3 is 5.97 Å². The quantitative estimate of drug-likeness (QED) is 0.685. The van der Waals surface area contributed by atoms with Crippen molar-refractivity contribution in [3.63, 3.8) is 0 Å². The first kappa shape index (κ1) is 13.5. The predicted molar refractivity (Wildman–Crippen MR) is 64.3 cm³/mol. The maximum Gasteiger partial charge on any atom is 0.326 e. The average molecular weight is 228 g/mol. The first-order chi connectivity index (χ1) is 7.35. The summed E-state index contributed by atoms with van der Waals surface area (Å²) in [5.74, 6) is -0.147. The molecule has 4 nitrogen and oxygen atoms in total. The van der Waals surface area contributed by atoms with E-state index in [0.717, 1.165) is 25.9 Å². The second-order valence-corrected chi connectivity index (χ2v) is 5.41. The van der Waals surface area contributed by atoms with Gasteiger partial charge in [-0.15, -0.1) is 0 Å². The molecule has 0 aromatic heterocycles. The fourth-order valence-electron chi connectivity index (χ4n) is 1.95. The Morgan fingerprint density at radius 3 is 2.44 bits per heavy atom. The van der Waals surface area contributed by atoms with Gasteiger partial charge in [-0.05, 0) is 39.3 Å². The molecule has 16 heavy (non-hydrogen) atoms. The topological polar surface area (TPSA) is 41.6 Å². The van der Waals surface area contributed by atoms with Crippen molar-refractivity contribution in [1.29, 1.82) is 0 Å². The van der Waals surface area contributed by atoms with Crippen LogP contribution in [0.15, 0.2) is 0 Å². The molecule has 0 saturated heterocycles. The maximum absolute atomic E-state index is 11.9. The molecule has 0 spiro atoms. The lowest BCUT2D eigenvalue weighted by Gasteiger charge is -2.34. The molecule has 94 valence electrons. The molecule has 1 aliphatic rings. The molecule has 1 fully saturated rings. The van der Waals surface area contributed by atoms with Crippen LogP contribution in [0.4, 0.5) is 0 Å². The Balaban J connectivity index is 2.61. The highest BCUT2D eigenvalue weighted by Crippen LogP contribution is 2.53. The monoisotopic (exact) mass is 228 g/mol. The number of carbonyl (C=O) groups excluding carboxylic acids is 1. The van der Waals surface area contributed by atoms with E-state index >= 15 is 0 Å². The Morgan fingerprint density at radius 2 is 2.06 bits per heavy atom. The van der Waals surface area contributed by atoms with Gasteiger partial charge in [0.1, 0.15) is 5.54 Å². The summed E-state index contributed by atoms with van der Waals surface area (Å²) in [6.07, 6.45) is 2.18. The maximum atomic E-state index is 11.9. The fraction of sp³-hybridized carbons (Fsp3) is 0.917. The number of methoxy groups -OCH3 is 1. The van der Waals surface area contributed by atoms with E-state index in [1.54, 1.807) is 0 Å². The van der Waals surface area contributed by atoms with Crippen LogP contribution in [0.3, 0.4) is 0 Å². The third-order valence-electron chi connectivity index (χ3n) is 3.84. The summed E-state index contributed by atoms with van der Waals surface area (Å²) in [6.45, 7) is 5.82. The number of rotatable bonds is 6. The molecular formula is C12H24N2O2. The highest BCUT2D eigenvalue weighted by atomic mass is 16.5. The lowest BCUT2D eigenvalue weighted by molar-refractivity contribution is -0.151. The predicted octanol–water partition coefficient (Wildman–Crippen LogP) is 0.869. The van der Waals surface area contributed by atoms with Crippen LogP contribution in [0.25, 0.3) is 0 Å². The molecule has 0 amide bonds. The summed E-state index contributed by atoms with van der Waals surface area (Å²) >= 11 is 0. The van der Waals surface area contributed by atoms with E-state index in [9.17, 15) is 4.79 Å². The summed E-state index contributed by atoms with van der Waals surface area (Å²) in [5, 5.41) is 3.36. The molecule has 1 atom stereocenters. The summed E-state index contributed by atoms with van der Waals surface area (Å²) < 4.78 is 4.92. The Morgan fingerprint density at radius 1 is 1.50 bits per heavy atom. The highest BCUT2D eigenvalue weighted by Gasteiger charge is 2.57. The summed E-state index contributed by atoms with van der Waals surface area (Å²) in [5.41, 5.74) is -0.482. The van der Waals surface area contributed by atoms with E-state index in [-0.39, 0.29) is 11.4 Å². The molecule has 0 aromatic rings. The molecule has 1 N–H and O–H groups in total. The highest BCUT2D eigenvalue weighted by molar-refractivity contribution is 5.82. The lowest BCUT2D eigenvalue weighted by atomic mass is 9.83. The first-order valence-corrected chi connectivity index (χ1v) is 5.84. The van der Waals surface area contributed by atoms with Crippen molar-refractivity contribution in [1.82, 2.24) is 10.2 Å². The van der Waals surface area contributed by atoms with Crippen LogP contribution in [-0.4, -0.2) is 50.7 Å². The number of likely N-dealkylation sites (N-methyl/N-ethyl adjacent to an activating group) is 1. The van der Waals surface area contributed by atoms with Crippen molar-refractivity contribution in [3.05, 3.63) is 0 Å². The molecule has 0 radical (unpaired) electrons. The van der Waals surface area contributed by atoms with Gasteiger partial charge in [-0.3, -0.25) is 4.79 Å². The summed E-state index contributed by atoms with van der Waals surface area (Å²) in [6, 6.07) is 0. The summed E-state index contributed by atoms with van der Waals surface area (Å²) in [7, 11) is 5.51. The number of nitrogens with one attached hydrogen (secondary N) is 1. The number of hydrogen-bond acceptors (Lipinski definition) is 4. The van der Waals surface area contributed by atoms with Crippen LogP contribution in [-0.2, 0) is 9.53 Å². The van der Waals surface area contributed by atoms with Gasteiger partial charge in [0, 0.05) is 13.1 Å². The Hall–Kier alpha value is -0.610. The molecule has 0 heterocycles. The fourth-order valence-corrected chi connectivity index (χ4v) is 1.95. The normalized spacial score (nSPS) is 21.6. The zero-order valence-corrected chi connectivity index (χ0v) is 11.1. The van der Waals surface area contributed by atoms with Gasteiger partial charge in [-0.2, -0.15) is 0 Å². The van der Waals surface area contributed by atoms with Crippen LogP contribution in [0, 0.1) is 5.41 Å². The number of hydrogen-bond donors (Lipinski definition) is 1. The molecular weight excluding hydrogens is 204 g/mol. The van der Waals surface area contributed by atoms with Crippen molar-refractivity contribution in [2.75, 3.05) is 34.3 Å². The van der Waals surface area contributed by atoms with E-state index in [4.69, 9.17) is 4.74 Å². The van der Waals surface area contributed by atoms with Gasteiger partial charge in [0.2, 0.25) is 0 Å². The minimum atomic E-state index is -0.544. The molecule has 0 aromatic carbocycles. The molecule has 1 aliphatic carbocycles. The largest absolute Gasteiger partial charge is 0.468 e. The number of esters is 1. The van der Waals surface area contributed by atoms with Crippen molar-refractivity contribution >= 4 is 5.97 Å². The third-order valence-corrected chi connectivity index (χ3v) is 3.84. The molecule has 1 unspecified atom stereocenters. The van der Waals surface area contributed by atoms with Gasteiger partial charge in [-0.1, -0.05) is 6.92 Å². The summed E-state index contributed by atoms with van der Waals surface area (Å²) in [4.78, 5) is 14.0. The van der Waals surface area contributed by atoms with Crippen LogP contribution in [0.1, 0.15) is 26.7 Å². The van der Waals surface area contributed by atoms with E-state index in [1.807, 2.05) is 21.0 Å². The zero-order chi connectivity index (χ0) is 12.4. The van der Waals surface area contributed by atoms with E-state index in [1.165, 1.54) is 7.11 Å². The number of carbonyl (C=O) groups is 1. The van der Waals surface area contributed by atoms with Crippen LogP contribution in [0.5, 0.6) is 0 Å². The Labute approximate surface area is 98.3 Å². The van der Waals surface area contributed by atoms with Crippen molar-refractivity contribution in [2.24, 2.45) is 5.41 Å². The Kier molecular flexibility index (Phi) is 3.97. The van der Waals surface area contributed by atoms with Gasteiger partial charge in [0.05, 0.1) is 7.11 Å². The SMILES string of the molecule is COC(=O)C(C)(NCCN(C)C)C1(C)CC1. The van der Waals surface area contributed by atoms with Gasteiger partial charge in [0.25, 0.3) is 0 Å². The van der Waals surface area contributed by atoms with Gasteiger partial charge in [-0.25, -0.2) is 0 Å². The minimum Gasteiger partial charge on any atom is -0.468 e. The Bertz CT molecular complexity index is 262. The molecule has 1 rings (SSSR count). The second kappa shape index (κ2) is 4.72. The van der Waals surface area contributed by atoms with Crippen molar-refractivity contribution in [2.45, 2.75) is 32.2 Å². The molecule has 0 bridgehead atoms. The van der Waals surface area contributed by atoms with E-state index in [0.29, 0.717) is 0 Å². The minimum absolute atomic E-state index is 0.0619. The van der Waals surface area contributed by atoms with Crippen LogP contribution in [0.2, 0.25) is 0 Å². The second-order valence-electron chi connectivity index (χ2n) is 5.41. The van der Waals surface area contributed by atoms with Crippen LogP contribution < -0.4 is 5.32 Å². The number of nitrogens with zero attached hydrogens (tertiary/aromatic N) is 1. The van der Waals surface area contributed by atoms with Crippen molar-refractivity contribution < 1.29 is 9.53 Å². The molecule has 1 saturated carbocycles. The molecule has 4 heteroatoms. The van der Waals surface area contributed by atoms with Crippen LogP contribution >= 0.6 is 0 Å². The average Bonchev–Trinajstić information content (AvgIpc) is 2.96. The zero-order valence-electron chi connectivity index (χ0n) is 11.1. The third kappa shape index (κ3) is 2.55. The smallest absolute Gasteiger partial charge is 0.326 e. The van der Waals surface area contributed by atoms with E-state index < -0.39 is 5.54 Å². The van der Waals surface area contributed by atoms with Crippen molar-refractivity contribution in [3.8, 4) is 0 Å². The van der Waals surface area contributed by atoms with Gasteiger partial charge < -0.3 is 15.0 Å². The first-order valence-electron chi connectivity index (χ1n) is 5.84. The lowest BCUT2D eigenvalue weighted by Crippen LogP contribution is -2.57. The standard InChI is InChI=1S/C12H24N2O2/c1-11(6-7-11)12(2,10(15)16-5)13-8-9-14(3)4/h13H,6-9H2,1-5H3. The molecule has 0 aliphatic heterocycles. The van der Waals surface area contributed by atoms with Gasteiger partial charge in [0.15, 0.2) is 0 Å². The number of ether oxygens (including phenoxy) is 1.